The van der Waals surface area contributed by atoms with Gasteiger partial charge in [0.25, 0.3) is 5.91 Å². The number of nitrogens with two attached hydrogens (primary N) is 1. The summed E-state index contributed by atoms with van der Waals surface area (Å²) in [5.41, 5.74) is 8.58. The van der Waals surface area contributed by atoms with E-state index in [-0.39, 0.29) is 22.8 Å². The topological polar surface area (TPSA) is 77.2 Å². The first kappa shape index (κ1) is 25.3. The predicted octanol–water partition coefficient (Wildman–Crippen LogP) is 7.23. The van der Waals surface area contributed by atoms with Crippen LogP contribution in [-0.4, -0.2) is 16.9 Å². The lowest BCUT2D eigenvalue weighted by molar-refractivity contribution is 0.0923. The third kappa shape index (κ3) is 5.88. The second-order valence-electron chi connectivity index (χ2n) is 9.13. The van der Waals surface area contributed by atoms with Gasteiger partial charge < -0.3 is 15.8 Å². The zero-order valence-electron chi connectivity index (χ0n) is 19.7. The molecular formula is C27H28Cl2FN3O2. The van der Waals surface area contributed by atoms with Crippen LogP contribution in [0.2, 0.25) is 10.0 Å². The first-order valence-electron chi connectivity index (χ1n) is 11.7. The summed E-state index contributed by atoms with van der Waals surface area (Å²) in [7, 11) is 0. The minimum atomic E-state index is -0.668. The van der Waals surface area contributed by atoms with Gasteiger partial charge in [-0.1, -0.05) is 42.3 Å². The molecule has 1 aliphatic rings. The molecule has 1 unspecified atom stereocenters. The summed E-state index contributed by atoms with van der Waals surface area (Å²) >= 11 is 12.3. The van der Waals surface area contributed by atoms with E-state index in [1.807, 2.05) is 12.1 Å². The zero-order chi connectivity index (χ0) is 25.1. The van der Waals surface area contributed by atoms with E-state index in [9.17, 15) is 9.18 Å². The number of benzene rings is 2. The number of carbonyl (C=O) groups excluding carboxylic acids is 1. The normalized spacial score (nSPS) is 18.7. The molecule has 1 heterocycles. The molecule has 4 rings (SSSR count). The molecule has 1 amide bonds. The minimum Gasteiger partial charge on any atom is -0.482 e. The Labute approximate surface area is 214 Å². The molecule has 0 radical (unpaired) electrons. The largest absolute Gasteiger partial charge is 0.482 e. The van der Waals surface area contributed by atoms with Crippen LogP contribution in [0.25, 0.3) is 11.1 Å². The van der Waals surface area contributed by atoms with E-state index in [0.717, 1.165) is 42.7 Å². The summed E-state index contributed by atoms with van der Waals surface area (Å²) in [5, 5.41) is 3.35. The highest BCUT2D eigenvalue weighted by molar-refractivity contribution is 6.36. The molecule has 0 saturated heterocycles. The molecule has 1 aliphatic carbocycles. The standard InChI is InChI=1S/C27H28Cl2FN3O2/c1-15-3-9-20(10-4-15)33-27(34)18-7-5-17(6-8-18)19-13-23(26(31)32-14-19)35-16(2)24-21(28)11-12-22(30)25(24)29/h5-8,11-16,20H,3-4,9-10H2,1-2H3,(H2,31,32)(H,33,34). The van der Waals surface area contributed by atoms with Crippen molar-refractivity contribution in [2.45, 2.75) is 51.7 Å². The van der Waals surface area contributed by atoms with Gasteiger partial charge in [0.1, 0.15) is 11.9 Å². The van der Waals surface area contributed by atoms with Crippen LogP contribution in [0.4, 0.5) is 10.2 Å². The van der Waals surface area contributed by atoms with E-state index >= 15 is 0 Å². The summed E-state index contributed by atoms with van der Waals surface area (Å²) in [6.07, 6.45) is 5.31. The number of anilines is 1. The van der Waals surface area contributed by atoms with Crippen molar-refractivity contribution in [3.05, 3.63) is 75.7 Å². The molecule has 5 nitrogen and oxygen atoms in total. The number of nitrogens with one attached hydrogen (secondary N) is 1. The van der Waals surface area contributed by atoms with Gasteiger partial charge in [0.05, 0.1) is 5.02 Å². The first-order valence-corrected chi connectivity index (χ1v) is 12.5. The minimum absolute atomic E-state index is 0.0618. The van der Waals surface area contributed by atoms with E-state index in [1.54, 1.807) is 31.3 Å². The van der Waals surface area contributed by atoms with Crippen LogP contribution in [-0.2, 0) is 0 Å². The molecule has 1 atom stereocenters. The van der Waals surface area contributed by atoms with Gasteiger partial charge in [-0.15, -0.1) is 0 Å². The highest BCUT2D eigenvalue weighted by Crippen LogP contribution is 2.37. The average molecular weight is 516 g/mol. The zero-order valence-corrected chi connectivity index (χ0v) is 21.2. The summed E-state index contributed by atoms with van der Waals surface area (Å²) in [6, 6.07) is 11.9. The van der Waals surface area contributed by atoms with Crippen LogP contribution in [0.15, 0.2) is 48.7 Å². The Balaban J connectivity index is 1.48. The van der Waals surface area contributed by atoms with Crippen LogP contribution in [0.5, 0.6) is 5.75 Å². The number of nitrogens with zero attached hydrogens (tertiary/aromatic N) is 1. The lowest BCUT2D eigenvalue weighted by Crippen LogP contribution is -2.37. The van der Waals surface area contributed by atoms with Gasteiger partial charge in [0, 0.05) is 34.0 Å². The Morgan fingerprint density at radius 1 is 1.11 bits per heavy atom. The molecule has 1 fully saturated rings. The number of hydrogen-bond acceptors (Lipinski definition) is 4. The second-order valence-corrected chi connectivity index (χ2v) is 9.92. The lowest BCUT2D eigenvalue weighted by atomic mass is 9.87. The Morgan fingerprint density at radius 2 is 1.80 bits per heavy atom. The van der Waals surface area contributed by atoms with Crippen LogP contribution in [0.3, 0.4) is 0 Å². The fraction of sp³-hybridized carbons (Fsp3) is 0.333. The number of halogens is 3. The molecule has 35 heavy (non-hydrogen) atoms. The summed E-state index contributed by atoms with van der Waals surface area (Å²) < 4.78 is 19.9. The fourth-order valence-corrected chi connectivity index (χ4v) is 5.04. The Hall–Kier alpha value is -2.83. The van der Waals surface area contributed by atoms with Crippen molar-refractivity contribution in [3.8, 4) is 16.9 Å². The number of hydrogen-bond donors (Lipinski definition) is 2. The summed E-state index contributed by atoms with van der Waals surface area (Å²) in [4.78, 5) is 16.9. The van der Waals surface area contributed by atoms with Crippen molar-refractivity contribution in [1.82, 2.24) is 10.3 Å². The Bertz CT molecular complexity index is 1210. The molecule has 0 aliphatic heterocycles. The number of rotatable bonds is 6. The lowest BCUT2D eigenvalue weighted by Gasteiger charge is -2.26. The van der Waals surface area contributed by atoms with E-state index in [1.165, 1.54) is 12.1 Å². The number of carbonyl (C=O) groups is 1. The fourth-order valence-electron chi connectivity index (χ4n) is 4.36. The van der Waals surface area contributed by atoms with Gasteiger partial charge in [0.2, 0.25) is 0 Å². The first-order chi connectivity index (χ1) is 16.7. The van der Waals surface area contributed by atoms with Crippen LogP contribution >= 0.6 is 23.2 Å². The molecule has 0 bridgehead atoms. The van der Waals surface area contributed by atoms with Gasteiger partial charge in [-0.25, -0.2) is 9.37 Å². The van der Waals surface area contributed by atoms with Gasteiger partial charge in [-0.05, 0) is 74.4 Å². The maximum absolute atomic E-state index is 13.9. The van der Waals surface area contributed by atoms with Crippen molar-refractivity contribution >= 4 is 34.9 Å². The van der Waals surface area contributed by atoms with E-state index in [2.05, 4.69) is 17.2 Å². The number of pyridine rings is 1. The van der Waals surface area contributed by atoms with Gasteiger partial charge in [-0.3, -0.25) is 4.79 Å². The number of ether oxygens (including phenoxy) is 1. The summed E-state index contributed by atoms with van der Waals surface area (Å²) in [6.45, 7) is 3.96. The van der Waals surface area contributed by atoms with Gasteiger partial charge in [-0.2, -0.15) is 0 Å². The molecule has 184 valence electrons. The van der Waals surface area contributed by atoms with Crippen molar-refractivity contribution in [2.24, 2.45) is 5.92 Å². The van der Waals surface area contributed by atoms with E-state index in [4.69, 9.17) is 33.7 Å². The molecule has 2 aromatic carbocycles. The van der Waals surface area contributed by atoms with E-state index in [0.29, 0.717) is 21.9 Å². The second kappa shape index (κ2) is 10.8. The van der Waals surface area contributed by atoms with Crippen LogP contribution < -0.4 is 15.8 Å². The third-order valence-electron chi connectivity index (χ3n) is 6.50. The third-order valence-corrected chi connectivity index (χ3v) is 7.22. The molecule has 8 heteroatoms. The molecule has 1 aromatic heterocycles. The van der Waals surface area contributed by atoms with Crippen molar-refractivity contribution in [1.29, 1.82) is 0 Å². The number of aromatic nitrogens is 1. The average Bonchev–Trinajstić information content (AvgIpc) is 2.84. The Kier molecular flexibility index (Phi) is 7.82. The highest BCUT2D eigenvalue weighted by Gasteiger charge is 2.21. The van der Waals surface area contributed by atoms with Gasteiger partial charge >= 0.3 is 0 Å². The molecule has 0 spiro atoms. The smallest absolute Gasteiger partial charge is 0.251 e. The van der Waals surface area contributed by atoms with Crippen LogP contribution in [0.1, 0.15) is 61.6 Å². The number of amides is 1. The predicted molar refractivity (Wildman–Crippen MR) is 138 cm³/mol. The van der Waals surface area contributed by atoms with Crippen molar-refractivity contribution < 1.29 is 13.9 Å². The SMILES string of the molecule is CC1CCC(NC(=O)c2ccc(-c3cnc(N)c(OC(C)c4c(Cl)ccc(F)c4Cl)c3)cc2)CC1. The Morgan fingerprint density at radius 3 is 2.49 bits per heavy atom. The molecule has 1 saturated carbocycles. The maximum atomic E-state index is 13.9. The number of nitrogen functional groups attached to an aromatic ring is 1. The van der Waals surface area contributed by atoms with Crippen molar-refractivity contribution in [3.63, 3.8) is 0 Å². The monoisotopic (exact) mass is 515 g/mol. The molecular weight excluding hydrogens is 488 g/mol. The van der Waals surface area contributed by atoms with Crippen LogP contribution in [0, 0.1) is 11.7 Å². The van der Waals surface area contributed by atoms with E-state index < -0.39 is 11.9 Å². The highest BCUT2D eigenvalue weighted by atomic mass is 35.5. The molecule has 3 aromatic rings. The van der Waals surface area contributed by atoms with Crippen molar-refractivity contribution in [2.75, 3.05) is 5.73 Å². The maximum Gasteiger partial charge on any atom is 0.251 e. The summed E-state index contributed by atoms with van der Waals surface area (Å²) in [5.74, 6) is 0.592. The molecule has 3 N–H and O–H groups in total. The quantitative estimate of drug-likeness (QED) is 0.339. The van der Waals surface area contributed by atoms with Gasteiger partial charge in [0.15, 0.2) is 11.6 Å².